The summed E-state index contributed by atoms with van der Waals surface area (Å²) in [5, 5.41) is 27.6. The molecule has 2 aromatic carbocycles. The van der Waals surface area contributed by atoms with Crippen molar-refractivity contribution in [2.45, 2.75) is 0 Å². The maximum absolute atomic E-state index is 11.6. The van der Waals surface area contributed by atoms with E-state index in [1.54, 1.807) is 48.5 Å². The first kappa shape index (κ1) is 17.6. The quantitative estimate of drug-likeness (QED) is 0.326. The number of carbonyl (C=O) groups is 2. The second-order valence-electron chi connectivity index (χ2n) is 5.28. The van der Waals surface area contributed by atoms with Crippen molar-refractivity contribution >= 4 is 50.0 Å². The lowest BCUT2D eigenvalue weighted by Gasteiger charge is -2.00. The van der Waals surface area contributed by atoms with Crippen molar-refractivity contribution < 1.29 is 19.8 Å². The highest BCUT2D eigenvalue weighted by atomic mass is 79.9. The number of H-pyrrole nitrogens is 1. The molecule has 0 unspecified atom stereocenters. The van der Waals surface area contributed by atoms with Crippen molar-refractivity contribution in [3.8, 4) is 5.88 Å². The van der Waals surface area contributed by atoms with E-state index < -0.39 is 11.8 Å². The van der Waals surface area contributed by atoms with Crippen molar-refractivity contribution in [3.05, 3.63) is 64.6 Å². The maximum Gasteiger partial charge on any atom is 0.376 e. The number of carboxylic acids is 1. The lowest BCUT2D eigenvalue weighted by Crippen LogP contribution is -2.09. The van der Waals surface area contributed by atoms with Crippen LogP contribution in [0, 0.1) is 0 Å². The van der Waals surface area contributed by atoms with Crippen LogP contribution < -0.4 is 0 Å². The first-order valence-electron chi connectivity index (χ1n) is 7.42. The Labute approximate surface area is 155 Å². The van der Waals surface area contributed by atoms with Crippen molar-refractivity contribution in [3.63, 3.8) is 0 Å². The Balaban J connectivity index is 2.07. The van der Waals surface area contributed by atoms with Crippen LogP contribution in [-0.4, -0.2) is 26.9 Å². The highest BCUT2D eigenvalue weighted by Crippen LogP contribution is 2.37. The minimum Gasteiger partial charge on any atom is -0.493 e. The molecular weight excluding hydrogens is 402 g/mol. The van der Waals surface area contributed by atoms with Gasteiger partial charge in [-0.25, -0.2) is 4.79 Å². The fraction of sp³-hybridized carbons (Fsp3) is 0. The summed E-state index contributed by atoms with van der Waals surface area (Å²) >= 11 is 3.35. The number of hydrogen-bond acceptors (Lipinski definition) is 5. The number of nitrogens with zero attached hydrogens (tertiary/aromatic N) is 2. The molecule has 8 heteroatoms. The van der Waals surface area contributed by atoms with Crippen molar-refractivity contribution in [2.75, 3.05) is 0 Å². The smallest absolute Gasteiger partial charge is 0.376 e. The van der Waals surface area contributed by atoms with Gasteiger partial charge in [0.15, 0.2) is 5.69 Å². The Kier molecular flexibility index (Phi) is 4.94. The number of hydrogen-bond donors (Lipinski definition) is 3. The summed E-state index contributed by atoms with van der Waals surface area (Å²) in [6.07, 6.45) is 0.892. The largest absolute Gasteiger partial charge is 0.493 e. The number of aliphatic carboxylic acids is 1. The number of aromatic nitrogens is 1. The van der Waals surface area contributed by atoms with Crippen LogP contribution in [0.15, 0.2) is 69.3 Å². The Morgan fingerprint density at radius 3 is 2.54 bits per heavy atom. The van der Waals surface area contributed by atoms with Gasteiger partial charge in [0.25, 0.3) is 5.78 Å². The number of aromatic hydroxyl groups is 1. The number of carbonyl (C=O) groups excluding carboxylic acids is 1. The zero-order valence-electron chi connectivity index (χ0n) is 13.2. The molecule has 0 spiro atoms. The van der Waals surface area contributed by atoms with Crippen LogP contribution in [0.3, 0.4) is 0 Å². The predicted octanol–water partition coefficient (Wildman–Crippen LogP) is 4.41. The number of fused-ring (bicyclic) bond motifs is 1. The molecule has 7 nitrogen and oxygen atoms in total. The maximum atomic E-state index is 11.6. The Morgan fingerprint density at radius 1 is 1.12 bits per heavy atom. The number of rotatable bonds is 5. The van der Waals surface area contributed by atoms with Gasteiger partial charge in [-0.05, 0) is 18.2 Å². The van der Waals surface area contributed by atoms with Crippen LogP contribution in [0.1, 0.15) is 5.56 Å². The molecule has 0 atom stereocenters. The van der Waals surface area contributed by atoms with Gasteiger partial charge in [0, 0.05) is 21.5 Å². The van der Waals surface area contributed by atoms with Gasteiger partial charge in [0.1, 0.15) is 0 Å². The van der Waals surface area contributed by atoms with E-state index in [0.717, 1.165) is 10.5 Å². The van der Waals surface area contributed by atoms with Gasteiger partial charge in [-0.15, -0.1) is 10.2 Å². The molecule has 3 aromatic rings. The molecule has 0 amide bonds. The SMILES string of the molecule is O=C(O)C(=O)/C=C(\N=Nc1c(O)[nH]c2ccc(Br)cc12)c1ccccc1. The van der Waals surface area contributed by atoms with E-state index in [1.165, 1.54) is 0 Å². The molecule has 0 aliphatic rings. The molecule has 0 saturated heterocycles. The Morgan fingerprint density at radius 2 is 1.85 bits per heavy atom. The van der Waals surface area contributed by atoms with E-state index in [0.29, 0.717) is 16.5 Å². The molecule has 0 bridgehead atoms. The molecule has 0 fully saturated rings. The summed E-state index contributed by atoms with van der Waals surface area (Å²) in [6.45, 7) is 0. The first-order valence-corrected chi connectivity index (χ1v) is 8.21. The average Bonchev–Trinajstić information content (AvgIpc) is 2.93. The molecule has 26 heavy (non-hydrogen) atoms. The van der Waals surface area contributed by atoms with Crippen LogP contribution in [0.5, 0.6) is 5.88 Å². The van der Waals surface area contributed by atoms with Crippen LogP contribution >= 0.6 is 15.9 Å². The molecule has 3 rings (SSSR count). The zero-order chi connectivity index (χ0) is 18.7. The average molecular weight is 414 g/mol. The first-order chi connectivity index (χ1) is 12.5. The van der Waals surface area contributed by atoms with Crippen LogP contribution in [0.25, 0.3) is 16.6 Å². The summed E-state index contributed by atoms with van der Waals surface area (Å²) in [7, 11) is 0. The number of halogens is 1. The summed E-state index contributed by atoms with van der Waals surface area (Å²) in [6, 6.07) is 13.9. The van der Waals surface area contributed by atoms with Gasteiger partial charge in [-0.1, -0.05) is 46.3 Å². The Bertz CT molecular complexity index is 1050. The molecule has 1 aromatic heterocycles. The number of azo groups is 1. The van der Waals surface area contributed by atoms with E-state index in [-0.39, 0.29) is 17.3 Å². The normalized spacial score (nSPS) is 12.0. The van der Waals surface area contributed by atoms with Gasteiger partial charge < -0.3 is 15.2 Å². The van der Waals surface area contributed by atoms with E-state index in [2.05, 4.69) is 31.1 Å². The van der Waals surface area contributed by atoms with Crippen molar-refractivity contribution in [2.24, 2.45) is 10.2 Å². The third-order valence-corrected chi connectivity index (χ3v) is 4.01. The minimum atomic E-state index is -1.59. The number of carboxylic acid groups (broad SMARTS) is 1. The summed E-state index contributed by atoms with van der Waals surface area (Å²) < 4.78 is 0.792. The monoisotopic (exact) mass is 413 g/mol. The summed E-state index contributed by atoms with van der Waals surface area (Å²) in [4.78, 5) is 25.2. The number of ketones is 1. The summed E-state index contributed by atoms with van der Waals surface area (Å²) in [5.74, 6) is -2.89. The van der Waals surface area contributed by atoms with Crippen LogP contribution in [0.2, 0.25) is 0 Å². The van der Waals surface area contributed by atoms with E-state index >= 15 is 0 Å². The molecule has 0 aliphatic heterocycles. The molecule has 0 saturated carbocycles. The van der Waals surface area contributed by atoms with Crippen molar-refractivity contribution in [1.82, 2.24) is 4.98 Å². The molecule has 1 heterocycles. The third-order valence-electron chi connectivity index (χ3n) is 3.52. The highest BCUT2D eigenvalue weighted by molar-refractivity contribution is 9.10. The lowest BCUT2D eigenvalue weighted by molar-refractivity contribution is -0.146. The third kappa shape index (κ3) is 3.70. The van der Waals surface area contributed by atoms with E-state index in [9.17, 15) is 14.7 Å². The Hall–Kier alpha value is -3.26. The molecular formula is C18H12BrN3O4. The van der Waals surface area contributed by atoms with Crippen LogP contribution in [0.4, 0.5) is 5.69 Å². The van der Waals surface area contributed by atoms with Crippen molar-refractivity contribution in [1.29, 1.82) is 0 Å². The van der Waals surface area contributed by atoms with Gasteiger partial charge >= 0.3 is 5.97 Å². The topological polar surface area (TPSA) is 115 Å². The van der Waals surface area contributed by atoms with Gasteiger partial charge in [-0.3, -0.25) is 4.79 Å². The second kappa shape index (κ2) is 7.32. The molecule has 3 N–H and O–H groups in total. The standard InChI is InChI=1S/C18H12BrN3O4/c19-11-6-7-13-12(8-11)16(17(24)20-13)22-21-14(9-15(23)18(25)26)10-4-2-1-3-5-10/h1-9,20,24H,(H,25,26)/b14-9-,22-21?. The van der Waals surface area contributed by atoms with Crippen LogP contribution in [-0.2, 0) is 9.59 Å². The fourth-order valence-electron chi connectivity index (χ4n) is 2.31. The van der Waals surface area contributed by atoms with Gasteiger partial charge in [-0.2, -0.15) is 0 Å². The number of nitrogens with one attached hydrogen (secondary N) is 1. The molecule has 0 radical (unpaired) electrons. The van der Waals surface area contributed by atoms with Gasteiger partial charge in [0.2, 0.25) is 5.88 Å². The van der Waals surface area contributed by atoms with E-state index in [4.69, 9.17) is 5.11 Å². The zero-order valence-corrected chi connectivity index (χ0v) is 14.8. The second-order valence-corrected chi connectivity index (χ2v) is 6.19. The summed E-state index contributed by atoms with van der Waals surface area (Å²) in [5.41, 5.74) is 1.44. The number of benzene rings is 2. The fourth-order valence-corrected chi connectivity index (χ4v) is 2.67. The van der Waals surface area contributed by atoms with E-state index in [1.807, 2.05) is 0 Å². The van der Waals surface area contributed by atoms with Gasteiger partial charge in [0.05, 0.1) is 11.2 Å². The predicted molar refractivity (Wildman–Crippen MR) is 99.2 cm³/mol. The molecule has 130 valence electrons. The minimum absolute atomic E-state index is 0.0711. The number of aromatic amines is 1. The molecule has 0 aliphatic carbocycles. The highest BCUT2D eigenvalue weighted by Gasteiger charge is 2.13. The lowest BCUT2D eigenvalue weighted by atomic mass is 10.1.